The summed E-state index contributed by atoms with van der Waals surface area (Å²) in [6, 6.07) is 10.9. The fourth-order valence-corrected chi connectivity index (χ4v) is 3.48. The molecule has 0 amide bonds. The van der Waals surface area contributed by atoms with Gasteiger partial charge in [-0.3, -0.25) is 4.79 Å². The van der Waals surface area contributed by atoms with Gasteiger partial charge in [0.2, 0.25) is 5.75 Å². The highest BCUT2D eigenvalue weighted by Gasteiger charge is 2.25. The van der Waals surface area contributed by atoms with Crippen molar-refractivity contribution in [2.75, 3.05) is 11.9 Å². The lowest BCUT2D eigenvalue weighted by atomic mass is 10.1. The zero-order valence-corrected chi connectivity index (χ0v) is 15.3. The maximum absolute atomic E-state index is 13.6. The molecule has 1 aliphatic rings. The van der Waals surface area contributed by atoms with E-state index in [-0.39, 0.29) is 17.5 Å². The molecular formula is C21H19F2N3O2. The van der Waals surface area contributed by atoms with Crippen molar-refractivity contribution in [3.05, 3.63) is 81.8 Å². The van der Waals surface area contributed by atoms with Crippen LogP contribution in [0.5, 0.6) is 5.75 Å². The fourth-order valence-electron chi connectivity index (χ4n) is 3.48. The smallest absolute Gasteiger partial charge is 0.316 e. The van der Waals surface area contributed by atoms with Gasteiger partial charge in [0, 0.05) is 25.5 Å². The summed E-state index contributed by atoms with van der Waals surface area (Å²) in [6.07, 6.45) is 2.63. The van der Waals surface area contributed by atoms with Crippen molar-refractivity contribution in [3.8, 4) is 11.4 Å². The number of aromatic nitrogens is 2. The van der Waals surface area contributed by atoms with Crippen molar-refractivity contribution in [3.63, 3.8) is 0 Å². The predicted molar refractivity (Wildman–Crippen MR) is 102 cm³/mol. The molecule has 0 spiro atoms. The van der Waals surface area contributed by atoms with E-state index >= 15 is 0 Å². The van der Waals surface area contributed by atoms with Crippen LogP contribution in [0.15, 0.2) is 53.5 Å². The first-order valence-electron chi connectivity index (χ1n) is 9.11. The maximum atomic E-state index is 13.6. The van der Waals surface area contributed by atoms with Crippen LogP contribution >= 0.6 is 0 Å². The molecule has 28 heavy (non-hydrogen) atoms. The van der Waals surface area contributed by atoms with Gasteiger partial charge in [-0.05, 0) is 30.2 Å². The molecule has 0 fully saturated rings. The minimum Gasteiger partial charge on any atom is -0.482 e. The third-order valence-electron chi connectivity index (χ3n) is 4.69. The number of ether oxygens (including phenoxy) is 1. The van der Waals surface area contributed by atoms with E-state index < -0.39 is 17.2 Å². The minimum atomic E-state index is -0.784. The van der Waals surface area contributed by atoms with Crippen LogP contribution in [0.1, 0.15) is 18.1 Å². The third-order valence-corrected chi connectivity index (χ3v) is 4.69. The monoisotopic (exact) mass is 383 g/mol. The number of nitrogens with one attached hydrogen (secondary N) is 1. The Kier molecular flexibility index (Phi) is 4.81. The van der Waals surface area contributed by atoms with Crippen molar-refractivity contribution in [1.29, 1.82) is 0 Å². The Balaban J connectivity index is 1.72. The van der Waals surface area contributed by atoms with Gasteiger partial charge < -0.3 is 10.1 Å². The van der Waals surface area contributed by atoms with Crippen LogP contribution in [0.2, 0.25) is 0 Å². The zero-order chi connectivity index (χ0) is 19.7. The van der Waals surface area contributed by atoms with Gasteiger partial charge in [-0.1, -0.05) is 24.3 Å². The number of benzene rings is 2. The molecule has 2 aromatic carbocycles. The summed E-state index contributed by atoms with van der Waals surface area (Å²) in [5, 5.41) is 7.12. The topological polar surface area (TPSA) is 56.2 Å². The summed E-state index contributed by atoms with van der Waals surface area (Å²) in [6.45, 7) is 2.46. The van der Waals surface area contributed by atoms with Crippen LogP contribution in [-0.2, 0) is 12.8 Å². The normalized spacial score (nSPS) is 13.4. The van der Waals surface area contributed by atoms with E-state index in [9.17, 15) is 13.6 Å². The van der Waals surface area contributed by atoms with E-state index in [4.69, 9.17) is 4.74 Å². The number of halogens is 2. The van der Waals surface area contributed by atoms with Gasteiger partial charge in [0.05, 0.1) is 11.9 Å². The highest BCUT2D eigenvalue weighted by atomic mass is 19.1. The van der Waals surface area contributed by atoms with Crippen LogP contribution in [-0.4, -0.2) is 22.4 Å². The van der Waals surface area contributed by atoms with Gasteiger partial charge in [-0.15, -0.1) is 0 Å². The highest BCUT2D eigenvalue weighted by molar-refractivity contribution is 5.54. The number of nitrogens with zero attached hydrogens (tertiary/aromatic N) is 2. The second kappa shape index (κ2) is 7.42. The molecule has 1 heterocycles. The summed E-state index contributed by atoms with van der Waals surface area (Å²) in [7, 11) is 0. The Morgan fingerprint density at radius 3 is 2.39 bits per heavy atom. The molecule has 0 atom stereocenters. The Hall–Kier alpha value is -3.22. The molecule has 1 aliphatic carbocycles. The quantitative estimate of drug-likeness (QED) is 0.733. The Bertz CT molecular complexity index is 1040. The van der Waals surface area contributed by atoms with E-state index in [2.05, 4.69) is 10.4 Å². The average Bonchev–Trinajstić information content (AvgIpc) is 3.06. The lowest BCUT2D eigenvalue weighted by Crippen LogP contribution is -2.28. The van der Waals surface area contributed by atoms with Gasteiger partial charge in [-0.25, -0.2) is 8.78 Å². The standard InChI is InChI=1S/C21H19F2N3O2/c1-2-24-19-12-25-26(17-10-15(22)9-16(23)11-17)21(27)20(19)28-18-7-13-5-3-4-6-14(13)8-18/h3-6,9-12,18,24H,2,7-8H2,1H3. The van der Waals surface area contributed by atoms with Gasteiger partial charge in [0.25, 0.3) is 0 Å². The molecule has 0 saturated carbocycles. The lowest BCUT2D eigenvalue weighted by Gasteiger charge is -2.17. The summed E-state index contributed by atoms with van der Waals surface area (Å²) >= 11 is 0. The molecule has 0 bridgehead atoms. The number of hydrogen-bond donors (Lipinski definition) is 1. The van der Waals surface area contributed by atoms with Gasteiger partial charge >= 0.3 is 5.56 Å². The van der Waals surface area contributed by atoms with E-state index in [1.165, 1.54) is 17.3 Å². The minimum absolute atomic E-state index is 0.00473. The number of fused-ring (bicyclic) bond motifs is 1. The molecule has 0 unspecified atom stereocenters. The van der Waals surface area contributed by atoms with Crippen molar-refractivity contribution in [2.24, 2.45) is 0 Å². The SMILES string of the molecule is CCNc1cnn(-c2cc(F)cc(F)c2)c(=O)c1OC1Cc2ccccc2C1. The van der Waals surface area contributed by atoms with Crippen LogP contribution in [0, 0.1) is 11.6 Å². The van der Waals surface area contributed by atoms with Crippen molar-refractivity contribution >= 4 is 5.69 Å². The van der Waals surface area contributed by atoms with Crippen molar-refractivity contribution in [1.82, 2.24) is 9.78 Å². The Morgan fingerprint density at radius 1 is 1.14 bits per heavy atom. The highest BCUT2D eigenvalue weighted by Crippen LogP contribution is 2.28. The van der Waals surface area contributed by atoms with Crippen LogP contribution < -0.4 is 15.6 Å². The van der Waals surface area contributed by atoms with Crippen LogP contribution in [0.25, 0.3) is 5.69 Å². The van der Waals surface area contributed by atoms with E-state index in [0.29, 0.717) is 25.1 Å². The number of anilines is 1. The molecule has 3 aromatic rings. The summed E-state index contributed by atoms with van der Waals surface area (Å²) in [4.78, 5) is 13.0. The summed E-state index contributed by atoms with van der Waals surface area (Å²) < 4.78 is 34.2. The van der Waals surface area contributed by atoms with Gasteiger partial charge in [-0.2, -0.15) is 9.78 Å². The molecule has 1 N–H and O–H groups in total. The first-order chi connectivity index (χ1) is 13.5. The first-order valence-corrected chi connectivity index (χ1v) is 9.11. The molecular weight excluding hydrogens is 364 g/mol. The lowest BCUT2D eigenvalue weighted by molar-refractivity contribution is 0.210. The maximum Gasteiger partial charge on any atom is 0.316 e. The van der Waals surface area contributed by atoms with E-state index in [1.807, 2.05) is 31.2 Å². The number of hydrogen-bond acceptors (Lipinski definition) is 4. The van der Waals surface area contributed by atoms with E-state index in [1.54, 1.807) is 0 Å². The predicted octanol–water partition coefficient (Wildman–Crippen LogP) is 3.49. The molecule has 0 saturated heterocycles. The molecule has 7 heteroatoms. The third kappa shape index (κ3) is 3.47. The summed E-state index contributed by atoms with van der Waals surface area (Å²) in [5.41, 5.74) is 2.28. The van der Waals surface area contributed by atoms with Crippen molar-refractivity contribution in [2.45, 2.75) is 25.9 Å². The molecule has 5 nitrogen and oxygen atoms in total. The first kappa shape index (κ1) is 18.2. The number of rotatable bonds is 5. The Labute approximate surface area is 160 Å². The molecule has 144 valence electrons. The summed E-state index contributed by atoms with van der Waals surface area (Å²) in [5.74, 6) is -1.47. The van der Waals surface area contributed by atoms with Gasteiger partial charge in [0.15, 0.2) is 0 Å². The van der Waals surface area contributed by atoms with Crippen molar-refractivity contribution < 1.29 is 13.5 Å². The van der Waals surface area contributed by atoms with Crippen LogP contribution in [0.4, 0.5) is 14.5 Å². The largest absolute Gasteiger partial charge is 0.482 e. The molecule has 0 aliphatic heterocycles. The van der Waals surface area contributed by atoms with E-state index in [0.717, 1.165) is 22.9 Å². The van der Waals surface area contributed by atoms with Gasteiger partial charge in [0.1, 0.15) is 23.4 Å². The second-order valence-electron chi connectivity index (χ2n) is 6.68. The second-order valence-corrected chi connectivity index (χ2v) is 6.68. The zero-order valence-electron chi connectivity index (χ0n) is 15.3. The molecule has 0 radical (unpaired) electrons. The average molecular weight is 383 g/mol. The fraction of sp³-hybridized carbons (Fsp3) is 0.238. The molecule has 4 rings (SSSR count). The Morgan fingerprint density at radius 2 is 1.79 bits per heavy atom. The molecule has 1 aromatic heterocycles. The van der Waals surface area contributed by atoms with Crippen LogP contribution in [0.3, 0.4) is 0 Å².